The van der Waals surface area contributed by atoms with Crippen LogP contribution < -0.4 is 20.7 Å². The van der Waals surface area contributed by atoms with E-state index in [-0.39, 0.29) is 40.8 Å². The van der Waals surface area contributed by atoms with Gasteiger partial charge in [-0.15, -0.1) is 11.8 Å². The number of rotatable bonds is 9. The van der Waals surface area contributed by atoms with Crippen LogP contribution in [0, 0.1) is 5.82 Å². The lowest BCUT2D eigenvalue weighted by Gasteiger charge is -2.27. The van der Waals surface area contributed by atoms with Gasteiger partial charge in [-0.05, 0) is 42.8 Å². The highest BCUT2D eigenvalue weighted by molar-refractivity contribution is 8.00. The van der Waals surface area contributed by atoms with Gasteiger partial charge < -0.3 is 20.1 Å². The molecule has 1 aromatic heterocycles. The lowest BCUT2D eigenvalue weighted by molar-refractivity contribution is -0.136. The first-order chi connectivity index (χ1) is 23.7. The first-order valence-corrected chi connectivity index (χ1v) is 16.5. The van der Waals surface area contributed by atoms with Crippen LogP contribution in [0.1, 0.15) is 40.0 Å². The van der Waals surface area contributed by atoms with Gasteiger partial charge in [-0.25, -0.2) is 14.4 Å². The van der Waals surface area contributed by atoms with E-state index in [1.807, 2.05) is 0 Å². The summed E-state index contributed by atoms with van der Waals surface area (Å²) in [6.07, 6.45) is 1.81. The number of aromatic nitrogens is 2. The molecule has 7 rings (SSSR count). The zero-order chi connectivity index (χ0) is 34.2. The summed E-state index contributed by atoms with van der Waals surface area (Å²) in [4.78, 5) is 74.2. The van der Waals surface area contributed by atoms with E-state index >= 15 is 0 Å². The van der Waals surface area contributed by atoms with Crippen LogP contribution in [0.15, 0.2) is 59.8 Å². The molecule has 2 atom stereocenters. The molecular formula is C33H26ClFN6O7S. The molecule has 5 amide bonds. The quantitative estimate of drug-likeness (QED) is 0.166. The van der Waals surface area contributed by atoms with E-state index in [1.54, 1.807) is 24.3 Å². The van der Waals surface area contributed by atoms with Gasteiger partial charge in [0.2, 0.25) is 17.7 Å². The molecule has 0 aliphatic carbocycles. The molecule has 0 radical (unpaired) electrons. The molecule has 3 aliphatic heterocycles. The predicted octanol–water partition coefficient (Wildman–Crippen LogP) is 4.47. The van der Waals surface area contributed by atoms with Crippen LogP contribution >= 0.6 is 23.4 Å². The Morgan fingerprint density at radius 3 is 2.73 bits per heavy atom. The van der Waals surface area contributed by atoms with Crippen LogP contribution in [0.4, 0.5) is 21.6 Å². The number of nitrogens with zero attached hydrogens (tertiary/aromatic N) is 3. The SMILES string of the molecule is O=C1CCC(N2C(=O)c3cccc(SCC(=O)Nc4cc5c(Nc6ccc(F)c(Cl)c6)ncnc5cc4O[C@H]4CCOC4)c3C2=O)C(=O)N1. The number of imide groups is 2. The van der Waals surface area contributed by atoms with E-state index in [0.717, 1.165) is 16.7 Å². The second kappa shape index (κ2) is 13.4. The zero-order valence-electron chi connectivity index (χ0n) is 25.5. The van der Waals surface area contributed by atoms with Gasteiger partial charge in [0, 0.05) is 34.9 Å². The molecule has 250 valence electrons. The summed E-state index contributed by atoms with van der Waals surface area (Å²) < 4.78 is 25.4. The number of ether oxygens (including phenoxy) is 2. The lowest BCUT2D eigenvalue weighted by atomic mass is 10.0. The van der Waals surface area contributed by atoms with Crippen molar-refractivity contribution in [2.24, 2.45) is 0 Å². The van der Waals surface area contributed by atoms with Crippen molar-refractivity contribution in [1.29, 1.82) is 0 Å². The van der Waals surface area contributed by atoms with Crippen molar-refractivity contribution < 1.29 is 37.8 Å². The van der Waals surface area contributed by atoms with Crippen molar-refractivity contribution in [3.05, 3.63) is 76.8 Å². The molecule has 3 aliphatic rings. The minimum Gasteiger partial charge on any atom is -0.486 e. The van der Waals surface area contributed by atoms with Crippen LogP contribution in [-0.4, -0.2) is 75.5 Å². The standard InChI is InChI=1S/C33H26ClFN6O7S/c34-20-10-16(4-5-21(20)35)38-30-19-11-23(25(12-22(19)36-15-37-30)48-17-8-9-47-13-17)39-28(43)14-49-26-3-1-2-18-29(26)33(46)41(32(18)45)24-6-7-27(42)40-31(24)44/h1-5,10-12,15,17,24H,6-9,13-14H2,(H,39,43)(H,36,37,38)(H,40,42,44)/t17-,24?/m0/s1. The summed E-state index contributed by atoms with van der Waals surface area (Å²) in [7, 11) is 0. The third-order valence-electron chi connectivity index (χ3n) is 8.16. The first kappa shape index (κ1) is 32.4. The van der Waals surface area contributed by atoms with E-state index in [0.29, 0.717) is 58.4 Å². The van der Waals surface area contributed by atoms with Crippen molar-refractivity contribution in [2.45, 2.75) is 36.3 Å². The fourth-order valence-corrected chi connectivity index (χ4v) is 6.86. The molecule has 4 heterocycles. The number of carbonyl (C=O) groups excluding carboxylic acids is 5. The highest BCUT2D eigenvalue weighted by Crippen LogP contribution is 2.37. The van der Waals surface area contributed by atoms with E-state index in [1.165, 1.54) is 30.6 Å². The second-order valence-corrected chi connectivity index (χ2v) is 12.8. The summed E-state index contributed by atoms with van der Waals surface area (Å²) in [6.45, 7) is 0.918. The van der Waals surface area contributed by atoms with Crippen molar-refractivity contribution in [3.63, 3.8) is 0 Å². The van der Waals surface area contributed by atoms with Gasteiger partial charge in [-0.1, -0.05) is 17.7 Å². The molecule has 2 saturated heterocycles. The maximum absolute atomic E-state index is 13.8. The van der Waals surface area contributed by atoms with Crippen LogP contribution in [0.2, 0.25) is 5.02 Å². The molecule has 4 aromatic rings. The van der Waals surface area contributed by atoms with Crippen molar-refractivity contribution in [1.82, 2.24) is 20.2 Å². The van der Waals surface area contributed by atoms with Crippen LogP contribution in [0.3, 0.4) is 0 Å². The van der Waals surface area contributed by atoms with Crippen LogP contribution in [-0.2, 0) is 19.1 Å². The summed E-state index contributed by atoms with van der Waals surface area (Å²) in [6, 6.07) is 11.1. The Morgan fingerprint density at radius 2 is 1.96 bits per heavy atom. The molecule has 3 aromatic carbocycles. The number of fused-ring (bicyclic) bond motifs is 2. The lowest BCUT2D eigenvalue weighted by Crippen LogP contribution is -2.54. The molecular weight excluding hydrogens is 679 g/mol. The van der Waals surface area contributed by atoms with Crippen molar-refractivity contribution >= 4 is 81.0 Å². The molecule has 0 saturated carbocycles. The maximum atomic E-state index is 13.8. The van der Waals surface area contributed by atoms with Gasteiger partial charge in [0.05, 0.1) is 46.3 Å². The predicted molar refractivity (Wildman–Crippen MR) is 177 cm³/mol. The number of amides is 5. The van der Waals surface area contributed by atoms with Crippen LogP contribution in [0.25, 0.3) is 10.9 Å². The monoisotopic (exact) mass is 704 g/mol. The number of halogens is 2. The number of carbonyl (C=O) groups is 5. The molecule has 13 nitrogen and oxygen atoms in total. The molecule has 16 heteroatoms. The van der Waals surface area contributed by atoms with Crippen molar-refractivity contribution in [3.8, 4) is 5.75 Å². The largest absolute Gasteiger partial charge is 0.486 e. The van der Waals surface area contributed by atoms with Gasteiger partial charge in [0.25, 0.3) is 11.8 Å². The van der Waals surface area contributed by atoms with Gasteiger partial charge in [-0.3, -0.25) is 34.2 Å². The minimum atomic E-state index is -1.11. The minimum absolute atomic E-state index is 0.00407. The molecule has 0 bridgehead atoms. The van der Waals surface area contributed by atoms with Crippen molar-refractivity contribution in [2.75, 3.05) is 29.6 Å². The number of hydrogen-bond donors (Lipinski definition) is 3. The molecule has 1 unspecified atom stereocenters. The summed E-state index contributed by atoms with van der Waals surface area (Å²) in [5.41, 5.74) is 1.53. The number of hydrogen-bond acceptors (Lipinski definition) is 11. The molecule has 3 N–H and O–H groups in total. The van der Waals surface area contributed by atoms with Gasteiger partial charge in [0.1, 0.15) is 35.9 Å². The third kappa shape index (κ3) is 6.51. The number of anilines is 3. The Bertz CT molecular complexity index is 2060. The Balaban J connectivity index is 1.13. The Hall–Kier alpha value is -5.12. The number of thioether (sulfide) groups is 1. The highest BCUT2D eigenvalue weighted by atomic mass is 35.5. The maximum Gasteiger partial charge on any atom is 0.263 e. The Morgan fingerprint density at radius 1 is 1.10 bits per heavy atom. The fraction of sp³-hybridized carbons (Fsp3) is 0.242. The summed E-state index contributed by atoms with van der Waals surface area (Å²) >= 11 is 7.02. The molecule has 0 spiro atoms. The summed E-state index contributed by atoms with van der Waals surface area (Å²) in [5, 5.41) is 8.64. The average molecular weight is 705 g/mol. The fourth-order valence-electron chi connectivity index (χ4n) is 5.81. The third-order valence-corrected chi connectivity index (χ3v) is 9.51. The van der Waals surface area contributed by atoms with E-state index < -0.39 is 41.4 Å². The average Bonchev–Trinajstić information content (AvgIpc) is 3.68. The topological polar surface area (TPSA) is 169 Å². The molecule has 49 heavy (non-hydrogen) atoms. The number of nitrogens with one attached hydrogen (secondary N) is 3. The van der Waals surface area contributed by atoms with E-state index in [4.69, 9.17) is 21.1 Å². The van der Waals surface area contributed by atoms with E-state index in [2.05, 4.69) is 25.9 Å². The Labute approximate surface area is 286 Å². The van der Waals surface area contributed by atoms with Gasteiger partial charge in [-0.2, -0.15) is 0 Å². The van der Waals surface area contributed by atoms with E-state index in [9.17, 15) is 28.4 Å². The normalized spacial score (nSPS) is 18.9. The van der Waals surface area contributed by atoms with Gasteiger partial charge >= 0.3 is 0 Å². The smallest absolute Gasteiger partial charge is 0.263 e. The molecule has 2 fully saturated rings. The van der Waals surface area contributed by atoms with Crippen LogP contribution in [0.5, 0.6) is 5.75 Å². The number of benzene rings is 3. The zero-order valence-corrected chi connectivity index (χ0v) is 27.0. The van der Waals surface area contributed by atoms with Gasteiger partial charge in [0.15, 0.2) is 0 Å². The Kier molecular flexibility index (Phi) is 8.88. The highest BCUT2D eigenvalue weighted by Gasteiger charge is 2.45. The summed E-state index contributed by atoms with van der Waals surface area (Å²) in [5.74, 6) is -2.89. The number of piperidine rings is 1. The first-order valence-electron chi connectivity index (χ1n) is 15.2. The second-order valence-electron chi connectivity index (χ2n) is 11.4.